The van der Waals surface area contributed by atoms with Crippen LogP contribution in [0.25, 0.3) is 33.6 Å². The monoisotopic (exact) mass is 725 g/mol. The second kappa shape index (κ2) is 16.7. The third-order valence-electron chi connectivity index (χ3n) is 7.97. The first-order valence-electron chi connectivity index (χ1n) is 15.8. The first-order valence-corrected chi connectivity index (χ1v) is 17.0. The Bertz CT molecular complexity index is 1840. The topological polar surface area (TPSA) is 124 Å². The molecule has 1 amide bonds. The number of methoxy groups -OCH3 is 2. The standard InChI is InChI=1S/C36H38Cl3N5O5/c1-20(2)49-32(46)19-40-16-22-9-8-21(14-30(22)47-3)35-34(39)25(12-13-42-35)24-6-5-7-26(33(24)38)29-15-28(37)27(36(44-29)48-4)18-41-17-23-10-11-31(45)43-23/h5-9,12-15,20,23,40-41H,10-11,16-19H2,1-4H3,(H,43,45)/t23-/m1/s1. The predicted molar refractivity (Wildman–Crippen MR) is 192 cm³/mol. The van der Waals surface area contributed by atoms with Gasteiger partial charge in [0.25, 0.3) is 0 Å². The lowest BCUT2D eigenvalue weighted by molar-refractivity contribution is -0.146. The first kappa shape index (κ1) is 36.4. The van der Waals surface area contributed by atoms with E-state index in [1.165, 1.54) is 0 Å². The fourth-order valence-corrected chi connectivity index (χ4v) is 6.52. The molecule has 0 bridgehead atoms. The average Bonchev–Trinajstić information content (AvgIpc) is 3.50. The van der Waals surface area contributed by atoms with Gasteiger partial charge in [-0.15, -0.1) is 0 Å². The SMILES string of the molecule is COc1cc(-c2nccc(-c3cccc(-c4cc(Cl)c(CNC[C@H]5CCC(=O)N5)c(OC)n4)c3Cl)c2Cl)ccc1CNCC(=O)OC(C)C. The molecule has 4 aromatic rings. The van der Waals surface area contributed by atoms with Crippen molar-refractivity contribution in [1.82, 2.24) is 25.9 Å². The van der Waals surface area contributed by atoms with Crippen LogP contribution in [0.15, 0.2) is 54.7 Å². The average molecular weight is 727 g/mol. The van der Waals surface area contributed by atoms with Gasteiger partial charge in [-0.05, 0) is 38.5 Å². The van der Waals surface area contributed by atoms with Crippen LogP contribution >= 0.6 is 34.8 Å². The van der Waals surface area contributed by atoms with Crippen molar-refractivity contribution in [2.24, 2.45) is 0 Å². The third-order valence-corrected chi connectivity index (χ3v) is 9.10. The summed E-state index contributed by atoms with van der Waals surface area (Å²) in [5, 5.41) is 10.7. The van der Waals surface area contributed by atoms with E-state index in [1.807, 2.05) is 56.3 Å². The highest BCUT2D eigenvalue weighted by Crippen LogP contribution is 2.43. The maximum Gasteiger partial charge on any atom is 0.320 e. The summed E-state index contributed by atoms with van der Waals surface area (Å²) < 4.78 is 16.5. The molecule has 1 aliphatic heterocycles. The van der Waals surface area contributed by atoms with E-state index in [1.54, 1.807) is 26.5 Å². The zero-order valence-electron chi connectivity index (χ0n) is 27.7. The van der Waals surface area contributed by atoms with Gasteiger partial charge < -0.3 is 30.2 Å². The molecule has 13 heteroatoms. The summed E-state index contributed by atoms with van der Waals surface area (Å²) in [5.74, 6) is 0.737. The van der Waals surface area contributed by atoms with Gasteiger partial charge in [-0.1, -0.05) is 65.1 Å². The zero-order valence-corrected chi connectivity index (χ0v) is 29.9. The Balaban J connectivity index is 1.38. The third kappa shape index (κ3) is 8.81. The Morgan fingerprint density at radius 2 is 1.76 bits per heavy atom. The zero-order chi connectivity index (χ0) is 35.1. The minimum Gasteiger partial charge on any atom is -0.496 e. The second-order valence-electron chi connectivity index (χ2n) is 11.8. The second-order valence-corrected chi connectivity index (χ2v) is 12.9. The van der Waals surface area contributed by atoms with Crippen molar-refractivity contribution >= 4 is 46.7 Å². The van der Waals surface area contributed by atoms with E-state index >= 15 is 0 Å². The number of carbonyl (C=O) groups is 2. The molecule has 1 fully saturated rings. The van der Waals surface area contributed by atoms with Crippen LogP contribution in [0, 0.1) is 0 Å². The van der Waals surface area contributed by atoms with Gasteiger partial charge in [-0.2, -0.15) is 0 Å². The molecule has 0 unspecified atom stereocenters. The molecule has 2 aromatic heterocycles. The largest absolute Gasteiger partial charge is 0.496 e. The lowest BCUT2D eigenvalue weighted by atomic mass is 9.99. The van der Waals surface area contributed by atoms with E-state index in [9.17, 15) is 9.59 Å². The van der Waals surface area contributed by atoms with Gasteiger partial charge in [0.2, 0.25) is 11.8 Å². The molecule has 3 N–H and O–H groups in total. The predicted octanol–water partition coefficient (Wildman–Crippen LogP) is 6.86. The van der Waals surface area contributed by atoms with E-state index in [-0.39, 0.29) is 30.6 Å². The maximum atomic E-state index is 11.9. The number of pyridine rings is 2. The lowest BCUT2D eigenvalue weighted by Crippen LogP contribution is -2.35. The number of carbonyl (C=O) groups excluding carboxylic acids is 2. The number of nitrogens with one attached hydrogen (secondary N) is 3. The number of hydrogen-bond acceptors (Lipinski definition) is 9. The van der Waals surface area contributed by atoms with Crippen molar-refractivity contribution in [3.8, 4) is 45.3 Å². The van der Waals surface area contributed by atoms with Crippen LogP contribution in [0.2, 0.25) is 15.1 Å². The Hall–Kier alpha value is -3.93. The number of hydrogen-bond donors (Lipinski definition) is 3. The van der Waals surface area contributed by atoms with Crippen LogP contribution in [0.4, 0.5) is 0 Å². The molecule has 2 aromatic carbocycles. The maximum absolute atomic E-state index is 11.9. The number of nitrogens with zero attached hydrogens (tertiary/aromatic N) is 2. The molecule has 1 saturated heterocycles. The molecule has 10 nitrogen and oxygen atoms in total. The Morgan fingerprint density at radius 1 is 0.980 bits per heavy atom. The molecule has 5 rings (SSSR count). The van der Waals surface area contributed by atoms with Gasteiger partial charge in [0.05, 0.1) is 53.3 Å². The molecule has 1 aliphatic rings. The molecule has 1 atom stereocenters. The van der Waals surface area contributed by atoms with Crippen LogP contribution in [0.5, 0.6) is 11.6 Å². The number of esters is 1. The fourth-order valence-electron chi connectivity index (χ4n) is 5.62. The summed E-state index contributed by atoms with van der Waals surface area (Å²) in [4.78, 5) is 32.8. The lowest BCUT2D eigenvalue weighted by Gasteiger charge is -2.17. The molecule has 0 radical (unpaired) electrons. The van der Waals surface area contributed by atoms with Crippen molar-refractivity contribution in [2.75, 3.05) is 27.3 Å². The normalized spacial score (nSPS) is 14.2. The summed E-state index contributed by atoms with van der Waals surface area (Å²) in [6.45, 7) is 5.13. The van der Waals surface area contributed by atoms with Crippen LogP contribution in [0.3, 0.4) is 0 Å². The number of amides is 1. The van der Waals surface area contributed by atoms with Crippen LogP contribution in [0.1, 0.15) is 37.8 Å². The number of halogens is 3. The molecular weight excluding hydrogens is 689 g/mol. The van der Waals surface area contributed by atoms with Gasteiger partial charge in [0.1, 0.15) is 5.75 Å². The van der Waals surface area contributed by atoms with E-state index in [0.717, 1.165) is 17.5 Å². The molecule has 0 aliphatic carbocycles. The Kier molecular flexibility index (Phi) is 12.4. The van der Waals surface area contributed by atoms with Gasteiger partial charge in [0, 0.05) is 71.7 Å². The fraction of sp³-hybridized carbons (Fsp3) is 0.333. The number of rotatable bonds is 14. The van der Waals surface area contributed by atoms with Crippen molar-refractivity contribution in [1.29, 1.82) is 0 Å². The summed E-state index contributed by atoms with van der Waals surface area (Å²) in [7, 11) is 3.13. The Morgan fingerprint density at radius 3 is 2.47 bits per heavy atom. The molecule has 0 spiro atoms. The minimum absolute atomic E-state index is 0.0686. The van der Waals surface area contributed by atoms with Crippen LogP contribution in [-0.2, 0) is 27.4 Å². The smallest absolute Gasteiger partial charge is 0.320 e. The molecular formula is C36H38Cl3N5O5. The summed E-state index contributed by atoms with van der Waals surface area (Å²) in [6, 6.07) is 15.0. The van der Waals surface area contributed by atoms with Gasteiger partial charge in [0.15, 0.2) is 0 Å². The number of ether oxygens (including phenoxy) is 3. The molecule has 3 heterocycles. The van der Waals surface area contributed by atoms with E-state index in [0.29, 0.717) is 86.4 Å². The quantitative estimate of drug-likeness (QED) is 0.120. The van der Waals surface area contributed by atoms with Crippen molar-refractivity contribution in [3.63, 3.8) is 0 Å². The van der Waals surface area contributed by atoms with Crippen LogP contribution < -0.4 is 25.4 Å². The summed E-state index contributed by atoms with van der Waals surface area (Å²) in [6.07, 6.45) is 2.84. The van der Waals surface area contributed by atoms with Crippen molar-refractivity contribution < 1.29 is 23.8 Å². The van der Waals surface area contributed by atoms with Crippen LogP contribution in [-0.4, -0.2) is 61.3 Å². The summed E-state index contributed by atoms with van der Waals surface area (Å²) in [5.41, 5.74) is 5.43. The van der Waals surface area contributed by atoms with E-state index in [4.69, 9.17) is 54.0 Å². The van der Waals surface area contributed by atoms with Crippen molar-refractivity contribution in [3.05, 3.63) is 80.9 Å². The Labute approximate surface area is 300 Å². The van der Waals surface area contributed by atoms with Gasteiger partial charge in [-0.25, -0.2) is 4.98 Å². The van der Waals surface area contributed by atoms with Crippen molar-refractivity contribution in [2.45, 2.75) is 51.9 Å². The molecule has 49 heavy (non-hydrogen) atoms. The number of aromatic nitrogens is 2. The number of benzene rings is 2. The highest BCUT2D eigenvalue weighted by molar-refractivity contribution is 6.39. The van der Waals surface area contributed by atoms with Gasteiger partial charge >= 0.3 is 5.97 Å². The highest BCUT2D eigenvalue weighted by atomic mass is 35.5. The minimum atomic E-state index is -0.323. The van der Waals surface area contributed by atoms with Gasteiger partial charge in [-0.3, -0.25) is 14.6 Å². The van der Waals surface area contributed by atoms with E-state index < -0.39 is 0 Å². The summed E-state index contributed by atoms with van der Waals surface area (Å²) >= 11 is 20.9. The first-order chi connectivity index (χ1) is 23.6. The van der Waals surface area contributed by atoms with E-state index in [2.05, 4.69) is 20.9 Å². The molecule has 258 valence electrons. The molecule has 0 saturated carbocycles. The highest BCUT2D eigenvalue weighted by Gasteiger charge is 2.22.